The molecule has 0 unspecified atom stereocenters. The van der Waals surface area contributed by atoms with Gasteiger partial charge in [0.2, 0.25) is 0 Å². The summed E-state index contributed by atoms with van der Waals surface area (Å²) in [6.45, 7) is 1.35. The van der Waals surface area contributed by atoms with Crippen LogP contribution in [-0.2, 0) is 6.18 Å². The van der Waals surface area contributed by atoms with Gasteiger partial charge in [0.1, 0.15) is 5.69 Å². The number of benzene rings is 1. The number of carbonyl (C=O) groups is 1. The Bertz CT molecular complexity index is 603. The van der Waals surface area contributed by atoms with Crippen LogP contribution in [0.1, 0.15) is 23.0 Å². The van der Waals surface area contributed by atoms with Crippen molar-refractivity contribution in [1.29, 1.82) is 0 Å². The summed E-state index contributed by atoms with van der Waals surface area (Å²) in [5.74, 6) is -0.226. The number of hydrogen-bond donors (Lipinski definition) is 0. The van der Waals surface area contributed by atoms with Crippen LogP contribution in [0.15, 0.2) is 42.6 Å². The highest BCUT2D eigenvalue weighted by Crippen LogP contribution is 2.36. The lowest BCUT2D eigenvalue weighted by Gasteiger charge is -2.12. The largest absolute Gasteiger partial charge is 0.417 e. The van der Waals surface area contributed by atoms with E-state index in [1.807, 2.05) is 0 Å². The van der Waals surface area contributed by atoms with Crippen molar-refractivity contribution in [2.24, 2.45) is 0 Å². The standard InChI is InChI=1S/C14H10F3NO/c1-9(19)13-7-6-10(8-18-13)11-4-2-3-5-12(11)14(15,16)17/h2-8H,1H3. The molecule has 0 aliphatic heterocycles. The summed E-state index contributed by atoms with van der Waals surface area (Å²) in [6, 6.07) is 8.16. The van der Waals surface area contributed by atoms with Crippen LogP contribution in [0.5, 0.6) is 0 Å². The Hall–Kier alpha value is -2.17. The highest BCUT2D eigenvalue weighted by Gasteiger charge is 2.33. The maximum atomic E-state index is 12.9. The molecule has 2 aromatic rings. The molecule has 0 radical (unpaired) electrons. The lowest BCUT2D eigenvalue weighted by molar-refractivity contribution is -0.137. The minimum atomic E-state index is -4.42. The second-order valence-corrected chi connectivity index (χ2v) is 4.03. The van der Waals surface area contributed by atoms with Crippen LogP contribution in [0.2, 0.25) is 0 Å². The lowest BCUT2D eigenvalue weighted by Crippen LogP contribution is -2.07. The monoisotopic (exact) mass is 265 g/mol. The molecular formula is C14H10F3NO. The molecule has 0 atom stereocenters. The van der Waals surface area contributed by atoms with Gasteiger partial charge in [-0.15, -0.1) is 0 Å². The Balaban J connectivity index is 2.50. The number of nitrogens with zero attached hydrogens (tertiary/aromatic N) is 1. The smallest absolute Gasteiger partial charge is 0.293 e. The molecule has 19 heavy (non-hydrogen) atoms. The Morgan fingerprint density at radius 1 is 1.11 bits per heavy atom. The molecule has 0 saturated heterocycles. The van der Waals surface area contributed by atoms with E-state index in [0.29, 0.717) is 5.56 Å². The lowest BCUT2D eigenvalue weighted by atomic mass is 10.0. The first-order valence-electron chi connectivity index (χ1n) is 5.53. The van der Waals surface area contributed by atoms with Crippen molar-refractivity contribution in [2.75, 3.05) is 0 Å². The van der Waals surface area contributed by atoms with Crippen LogP contribution in [0, 0.1) is 0 Å². The van der Waals surface area contributed by atoms with Crippen molar-refractivity contribution < 1.29 is 18.0 Å². The van der Waals surface area contributed by atoms with E-state index in [0.717, 1.165) is 6.07 Å². The summed E-state index contributed by atoms with van der Waals surface area (Å²) in [6.07, 6.45) is -3.14. The molecule has 98 valence electrons. The third-order valence-corrected chi connectivity index (χ3v) is 2.67. The van der Waals surface area contributed by atoms with Gasteiger partial charge in [-0.1, -0.05) is 24.3 Å². The topological polar surface area (TPSA) is 30.0 Å². The van der Waals surface area contributed by atoms with Gasteiger partial charge in [0, 0.05) is 18.7 Å². The number of halogens is 3. The van der Waals surface area contributed by atoms with Crippen molar-refractivity contribution in [3.8, 4) is 11.1 Å². The molecule has 1 heterocycles. The summed E-state index contributed by atoms with van der Waals surface area (Å²) in [5.41, 5.74) is -0.101. The second kappa shape index (κ2) is 4.84. The molecule has 5 heteroatoms. The van der Waals surface area contributed by atoms with Gasteiger partial charge in [0.15, 0.2) is 5.78 Å². The predicted molar refractivity (Wildman–Crippen MR) is 64.7 cm³/mol. The van der Waals surface area contributed by atoms with E-state index in [2.05, 4.69) is 4.98 Å². The number of carbonyl (C=O) groups excluding carboxylic acids is 1. The van der Waals surface area contributed by atoms with Crippen LogP contribution >= 0.6 is 0 Å². The number of aromatic nitrogens is 1. The van der Waals surface area contributed by atoms with Gasteiger partial charge >= 0.3 is 6.18 Å². The number of hydrogen-bond acceptors (Lipinski definition) is 2. The van der Waals surface area contributed by atoms with E-state index in [4.69, 9.17) is 0 Å². The average Bonchev–Trinajstić information content (AvgIpc) is 2.38. The fourth-order valence-corrected chi connectivity index (χ4v) is 1.74. The number of Topliss-reactive ketones (excluding diaryl/α,β-unsaturated/α-hetero) is 1. The molecule has 0 saturated carbocycles. The van der Waals surface area contributed by atoms with Crippen LogP contribution < -0.4 is 0 Å². The molecule has 0 amide bonds. The number of ketones is 1. The zero-order valence-corrected chi connectivity index (χ0v) is 10.0. The van der Waals surface area contributed by atoms with Gasteiger partial charge < -0.3 is 0 Å². The van der Waals surface area contributed by atoms with E-state index < -0.39 is 11.7 Å². The Morgan fingerprint density at radius 2 is 1.79 bits per heavy atom. The molecular weight excluding hydrogens is 255 g/mol. The molecule has 0 fully saturated rings. The quantitative estimate of drug-likeness (QED) is 0.769. The minimum absolute atomic E-state index is 0.0533. The van der Waals surface area contributed by atoms with Crippen molar-refractivity contribution >= 4 is 5.78 Å². The van der Waals surface area contributed by atoms with Crippen LogP contribution in [-0.4, -0.2) is 10.8 Å². The molecule has 1 aromatic carbocycles. The number of alkyl halides is 3. The Labute approximate surface area is 107 Å². The van der Waals surface area contributed by atoms with Gasteiger partial charge in [-0.2, -0.15) is 13.2 Å². The highest BCUT2D eigenvalue weighted by atomic mass is 19.4. The van der Waals surface area contributed by atoms with Gasteiger partial charge in [-0.25, -0.2) is 0 Å². The van der Waals surface area contributed by atoms with E-state index in [9.17, 15) is 18.0 Å². The van der Waals surface area contributed by atoms with Crippen molar-refractivity contribution in [2.45, 2.75) is 13.1 Å². The SMILES string of the molecule is CC(=O)c1ccc(-c2ccccc2C(F)(F)F)cn1. The van der Waals surface area contributed by atoms with Crippen LogP contribution in [0.4, 0.5) is 13.2 Å². The Kier molecular flexibility index (Phi) is 3.38. The van der Waals surface area contributed by atoms with Crippen LogP contribution in [0.3, 0.4) is 0 Å². The van der Waals surface area contributed by atoms with E-state index in [1.54, 1.807) is 0 Å². The first-order chi connectivity index (χ1) is 8.89. The third kappa shape index (κ3) is 2.81. The molecule has 2 nitrogen and oxygen atoms in total. The highest BCUT2D eigenvalue weighted by molar-refractivity contribution is 5.92. The summed E-state index contributed by atoms with van der Waals surface area (Å²) < 4.78 is 38.6. The van der Waals surface area contributed by atoms with E-state index in [-0.39, 0.29) is 17.0 Å². The van der Waals surface area contributed by atoms with Gasteiger partial charge in [-0.05, 0) is 17.7 Å². The van der Waals surface area contributed by atoms with Crippen molar-refractivity contribution in [3.63, 3.8) is 0 Å². The molecule has 2 rings (SSSR count). The van der Waals surface area contributed by atoms with E-state index in [1.165, 1.54) is 43.5 Å². The zero-order valence-electron chi connectivity index (χ0n) is 10.0. The maximum absolute atomic E-state index is 12.9. The Morgan fingerprint density at radius 3 is 2.32 bits per heavy atom. The molecule has 0 N–H and O–H groups in total. The maximum Gasteiger partial charge on any atom is 0.417 e. The van der Waals surface area contributed by atoms with Crippen LogP contribution in [0.25, 0.3) is 11.1 Å². The third-order valence-electron chi connectivity index (χ3n) is 2.67. The summed E-state index contributed by atoms with van der Waals surface area (Å²) in [4.78, 5) is 14.9. The fraction of sp³-hybridized carbons (Fsp3) is 0.143. The van der Waals surface area contributed by atoms with Gasteiger partial charge in [-0.3, -0.25) is 9.78 Å². The van der Waals surface area contributed by atoms with Gasteiger partial charge in [0.25, 0.3) is 0 Å². The fourth-order valence-electron chi connectivity index (χ4n) is 1.74. The number of rotatable bonds is 2. The molecule has 0 aliphatic rings. The summed E-state index contributed by atoms with van der Waals surface area (Å²) in [7, 11) is 0. The molecule has 0 aliphatic carbocycles. The normalized spacial score (nSPS) is 11.4. The first-order valence-corrected chi connectivity index (χ1v) is 5.53. The summed E-state index contributed by atoms with van der Waals surface area (Å²) in [5, 5.41) is 0. The van der Waals surface area contributed by atoms with Gasteiger partial charge in [0.05, 0.1) is 5.56 Å². The second-order valence-electron chi connectivity index (χ2n) is 4.03. The molecule has 0 spiro atoms. The predicted octanol–water partition coefficient (Wildman–Crippen LogP) is 3.97. The minimum Gasteiger partial charge on any atom is -0.293 e. The van der Waals surface area contributed by atoms with E-state index >= 15 is 0 Å². The number of pyridine rings is 1. The van der Waals surface area contributed by atoms with Crippen molar-refractivity contribution in [3.05, 3.63) is 53.9 Å². The summed E-state index contributed by atoms with van der Waals surface area (Å²) >= 11 is 0. The average molecular weight is 265 g/mol. The molecule has 0 bridgehead atoms. The molecule has 1 aromatic heterocycles. The van der Waals surface area contributed by atoms with Crippen molar-refractivity contribution in [1.82, 2.24) is 4.98 Å². The first kappa shape index (κ1) is 13.3. The zero-order chi connectivity index (χ0) is 14.0.